The van der Waals surface area contributed by atoms with E-state index >= 15 is 0 Å². The number of amides is 1. The Balaban J connectivity index is 2.85. The topological polar surface area (TPSA) is 115 Å². The molecule has 1 aromatic rings. The van der Waals surface area contributed by atoms with E-state index in [0.29, 0.717) is 0 Å². The predicted molar refractivity (Wildman–Crippen MR) is 75.6 cm³/mol. The molecular weight excluding hydrogens is 280 g/mol. The molecule has 9 heteroatoms. The second-order valence-electron chi connectivity index (χ2n) is 4.30. The van der Waals surface area contributed by atoms with Crippen LogP contribution in [0.15, 0.2) is 14.7 Å². The Morgan fingerprint density at radius 1 is 1.38 bits per heavy atom. The van der Waals surface area contributed by atoms with Crippen LogP contribution in [-0.4, -0.2) is 33.2 Å². The van der Waals surface area contributed by atoms with Gasteiger partial charge in [-0.05, 0) is 6.42 Å². The maximum Gasteiger partial charge on any atom is 0.427 e. The van der Waals surface area contributed by atoms with Crippen LogP contribution in [0.4, 0.5) is 4.79 Å². The first-order valence-corrected chi connectivity index (χ1v) is 6.35. The van der Waals surface area contributed by atoms with Crippen molar-refractivity contribution in [3.05, 3.63) is 26.4 Å². The Kier molecular flexibility index (Phi) is 5.70. The Bertz CT molecular complexity index is 659. The number of nitrogens with zero attached hydrogens (tertiary/aromatic N) is 3. The molecule has 1 amide bonds. The standard InChI is InChI=1S/C12H18N4O5/c1-4-5-6-21-11(19)14-13-7-8-9(17)15(2)12(20)16(3)10(8)18/h7,17H,4-6H2,1-3H3,(H,14,19). The van der Waals surface area contributed by atoms with Crippen molar-refractivity contribution in [2.75, 3.05) is 6.61 Å². The molecule has 0 saturated heterocycles. The summed E-state index contributed by atoms with van der Waals surface area (Å²) in [6.45, 7) is 2.22. The molecule has 1 rings (SSSR count). The molecule has 9 nitrogen and oxygen atoms in total. The van der Waals surface area contributed by atoms with Crippen molar-refractivity contribution in [3.8, 4) is 5.88 Å². The number of hydrogen-bond donors (Lipinski definition) is 2. The molecule has 2 N–H and O–H groups in total. The van der Waals surface area contributed by atoms with E-state index in [4.69, 9.17) is 4.74 Å². The molecule has 0 radical (unpaired) electrons. The predicted octanol–water partition coefficient (Wildman–Crippen LogP) is -0.350. The van der Waals surface area contributed by atoms with E-state index in [1.54, 1.807) is 0 Å². The molecule has 0 aliphatic heterocycles. The molecule has 0 spiro atoms. The monoisotopic (exact) mass is 298 g/mol. The van der Waals surface area contributed by atoms with Gasteiger partial charge in [-0.3, -0.25) is 13.9 Å². The van der Waals surface area contributed by atoms with Gasteiger partial charge in [-0.2, -0.15) is 5.10 Å². The molecule has 1 heterocycles. The Hall–Kier alpha value is -2.58. The summed E-state index contributed by atoms with van der Waals surface area (Å²) in [6, 6.07) is 0. The molecule has 0 saturated carbocycles. The minimum Gasteiger partial charge on any atom is -0.494 e. The van der Waals surface area contributed by atoms with Gasteiger partial charge in [0.15, 0.2) is 0 Å². The van der Waals surface area contributed by atoms with Crippen LogP contribution in [0.25, 0.3) is 0 Å². The second kappa shape index (κ2) is 7.27. The minimum atomic E-state index is -0.763. The van der Waals surface area contributed by atoms with Crippen molar-refractivity contribution in [2.45, 2.75) is 19.8 Å². The number of hydrazone groups is 1. The van der Waals surface area contributed by atoms with E-state index in [0.717, 1.165) is 28.2 Å². The third-order valence-electron chi connectivity index (χ3n) is 2.75. The van der Waals surface area contributed by atoms with E-state index in [-0.39, 0.29) is 12.2 Å². The molecule has 0 fully saturated rings. The molecule has 1 aromatic heterocycles. The fourth-order valence-corrected chi connectivity index (χ4v) is 1.46. The Morgan fingerprint density at radius 2 is 2.05 bits per heavy atom. The van der Waals surface area contributed by atoms with Gasteiger partial charge in [-0.25, -0.2) is 15.0 Å². The zero-order valence-corrected chi connectivity index (χ0v) is 12.1. The zero-order valence-electron chi connectivity index (χ0n) is 12.1. The van der Waals surface area contributed by atoms with Crippen LogP contribution in [0.1, 0.15) is 25.3 Å². The minimum absolute atomic E-state index is 0.214. The van der Waals surface area contributed by atoms with Gasteiger partial charge in [0.05, 0.1) is 12.8 Å². The number of hydrogen-bond acceptors (Lipinski definition) is 6. The molecule has 0 unspecified atom stereocenters. The van der Waals surface area contributed by atoms with Crippen molar-refractivity contribution in [1.29, 1.82) is 0 Å². The molecule has 0 aliphatic rings. The lowest BCUT2D eigenvalue weighted by molar-refractivity contribution is 0.145. The van der Waals surface area contributed by atoms with Crippen molar-refractivity contribution in [3.63, 3.8) is 0 Å². The summed E-state index contributed by atoms with van der Waals surface area (Å²) in [5.41, 5.74) is 0.458. The van der Waals surface area contributed by atoms with Crippen molar-refractivity contribution < 1.29 is 14.6 Å². The summed E-state index contributed by atoms with van der Waals surface area (Å²) in [6.07, 6.45) is 1.82. The van der Waals surface area contributed by atoms with Gasteiger partial charge in [0.1, 0.15) is 5.56 Å². The summed E-state index contributed by atoms with van der Waals surface area (Å²) in [5.74, 6) is -0.534. The molecule has 0 aliphatic carbocycles. The number of carbonyl (C=O) groups is 1. The first kappa shape index (κ1) is 16.5. The quantitative estimate of drug-likeness (QED) is 0.438. The lowest BCUT2D eigenvalue weighted by atomic mass is 10.3. The lowest BCUT2D eigenvalue weighted by Gasteiger charge is -2.07. The molecule has 21 heavy (non-hydrogen) atoms. The highest BCUT2D eigenvalue weighted by Gasteiger charge is 2.12. The largest absolute Gasteiger partial charge is 0.494 e. The average molecular weight is 298 g/mol. The van der Waals surface area contributed by atoms with Crippen LogP contribution in [-0.2, 0) is 18.8 Å². The van der Waals surface area contributed by atoms with Gasteiger partial charge in [-0.1, -0.05) is 13.3 Å². The van der Waals surface area contributed by atoms with Gasteiger partial charge in [0.25, 0.3) is 5.56 Å². The van der Waals surface area contributed by atoms with E-state index in [2.05, 4.69) is 10.5 Å². The van der Waals surface area contributed by atoms with Crippen LogP contribution in [0, 0.1) is 0 Å². The Labute approximate surface area is 120 Å². The third-order valence-corrected chi connectivity index (χ3v) is 2.75. The van der Waals surface area contributed by atoms with Crippen LogP contribution >= 0.6 is 0 Å². The van der Waals surface area contributed by atoms with E-state index in [9.17, 15) is 19.5 Å². The first-order valence-electron chi connectivity index (χ1n) is 6.35. The summed E-state index contributed by atoms with van der Waals surface area (Å²) in [5, 5.41) is 13.3. The maximum absolute atomic E-state index is 11.8. The van der Waals surface area contributed by atoms with Gasteiger partial charge in [0, 0.05) is 14.1 Å². The molecule has 0 bridgehead atoms. The highest BCUT2D eigenvalue weighted by Crippen LogP contribution is 2.05. The summed E-state index contributed by atoms with van der Waals surface area (Å²) in [4.78, 5) is 34.5. The second-order valence-corrected chi connectivity index (χ2v) is 4.30. The number of aromatic hydroxyl groups is 1. The maximum atomic E-state index is 11.8. The highest BCUT2D eigenvalue weighted by molar-refractivity contribution is 5.82. The van der Waals surface area contributed by atoms with Gasteiger partial charge in [-0.15, -0.1) is 0 Å². The SMILES string of the molecule is CCCCOC(=O)NN=Cc1c(O)n(C)c(=O)n(C)c1=O. The summed E-state index contributed by atoms with van der Waals surface area (Å²) in [7, 11) is 2.58. The third kappa shape index (κ3) is 3.94. The highest BCUT2D eigenvalue weighted by atomic mass is 16.5. The first-order chi connectivity index (χ1) is 9.90. The van der Waals surface area contributed by atoms with Crippen molar-refractivity contribution >= 4 is 12.3 Å². The number of aromatic nitrogens is 2. The molecule has 0 aromatic carbocycles. The fourth-order valence-electron chi connectivity index (χ4n) is 1.46. The fraction of sp³-hybridized carbons (Fsp3) is 0.500. The summed E-state index contributed by atoms with van der Waals surface area (Å²) < 4.78 is 6.49. The number of rotatable bonds is 5. The van der Waals surface area contributed by atoms with E-state index in [1.807, 2.05) is 6.92 Å². The number of unbranched alkanes of at least 4 members (excludes halogenated alkanes) is 1. The zero-order chi connectivity index (χ0) is 16.0. The van der Waals surface area contributed by atoms with Crippen LogP contribution in [0.3, 0.4) is 0 Å². The van der Waals surface area contributed by atoms with Crippen LogP contribution in [0.5, 0.6) is 5.88 Å². The van der Waals surface area contributed by atoms with Crippen LogP contribution < -0.4 is 16.7 Å². The van der Waals surface area contributed by atoms with Crippen molar-refractivity contribution in [2.24, 2.45) is 19.2 Å². The van der Waals surface area contributed by atoms with Gasteiger partial charge in [0.2, 0.25) is 5.88 Å². The number of carbonyl (C=O) groups excluding carboxylic acids is 1. The number of ether oxygens (including phenoxy) is 1. The van der Waals surface area contributed by atoms with E-state index < -0.39 is 23.2 Å². The molecular formula is C12H18N4O5. The summed E-state index contributed by atoms with van der Waals surface area (Å²) >= 11 is 0. The van der Waals surface area contributed by atoms with E-state index in [1.165, 1.54) is 14.1 Å². The normalized spacial score (nSPS) is 10.8. The van der Waals surface area contributed by atoms with Gasteiger partial charge >= 0.3 is 11.8 Å². The van der Waals surface area contributed by atoms with Crippen molar-refractivity contribution in [1.82, 2.24) is 14.6 Å². The molecule has 116 valence electrons. The average Bonchev–Trinajstić information content (AvgIpc) is 2.47. The van der Waals surface area contributed by atoms with Gasteiger partial charge < -0.3 is 9.84 Å². The lowest BCUT2D eigenvalue weighted by Crippen LogP contribution is -2.38. The molecule has 0 atom stereocenters. The number of nitrogens with one attached hydrogen (secondary N) is 1. The van der Waals surface area contributed by atoms with Crippen LogP contribution in [0.2, 0.25) is 0 Å². The smallest absolute Gasteiger partial charge is 0.427 e. The Morgan fingerprint density at radius 3 is 2.67 bits per heavy atom.